The Bertz CT molecular complexity index is 572. The highest BCUT2D eigenvalue weighted by molar-refractivity contribution is 7.99. The number of thioether (sulfide) groups is 1. The molecule has 2 aromatic rings. The summed E-state index contributed by atoms with van der Waals surface area (Å²) in [5, 5.41) is 1.24. The van der Waals surface area contributed by atoms with Crippen molar-refractivity contribution in [3.8, 4) is 0 Å². The second-order valence-corrected chi connectivity index (χ2v) is 6.08. The highest BCUT2D eigenvalue weighted by Crippen LogP contribution is 2.19. The minimum Gasteiger partial charge on any atom is -0.361 e. The summed E-state index contributed by atoms with van der Waals surface area (Å²) in [6, 6.07) is 8.26. The summed E-state index contributed by atoms with van der Waals surface area (Å²) in [6.07, 6.45) is 3.48. The van der Waals surface area contributed by atoms with E-state index in [1.165, 1.54) is 10.9 Å². The Labute approximate surface area is 117 Å². The van der Waals surface area contributed by atoms with E-state index in [4.69, 9.17) is 0 Å². The first-order chi connectivity index (χ1) is 9.34. The Morgan fingerprint density at radius 2 is 2.05 bits per heavy atom. The van der Waals surface area contributed by atoms with Crippen LogP contribution in [0.3, 0.4) is 0 Å². The molecule has 0 atom stereocenters. The van der Waals surface area contributed by atoms with Crippen LogP contribution in [0.25, 0.3) is 10.9 Å². The van der Waals surface area contributed by atoms with Crippen LogP contribution >= 0.6 is 11.8 Å². The molecule has 1 amide bonds. The maximum atomic E-state index is 12.1. The largest absolute Gasteiger partial charge is 0.361 e. The number of rotatable bonds is 3. The molecule has 0 bridgehead atoms. The molecule has 1 aromatic carbocycles. The summed E-state index contributed by atoms with van der Waals surface area (Å²) < 4.78 is 0. The summed E-state index contributed by atoms with van der Waals surface area (Å²) in [4.78, 5) is 17.4. The van der Waals surface area contributed by atoms with Crippen molar-refractivity contribution in [3.63, 3.8) is 0 Å². The van der Waals surface area contributed by atoms with Crippen molar-refractivity contribution in [2.45, 2.75) is 12.8 Å². The van der Waals surface area contributed by atoms with Gasteiger partial charge < -0.3 is 9.88 Å². The van der Waals surface area contributed by atoms with Crippen LogP contribution in [0.15, 0.2) is 30.5 Å². The number of fused-ring (bicyclic) bond motifs is 1. The molecule has 0 spiro atoms. The van der Waals surface area contributed by atoms with E-state index in [9.17, 15) is 4.79 Å². The molecule has 1 aliphatic rings. The second kappa shape index (κ2) is 5.70. The number of carbonyl (C=O) groups excluding carboxylic acids is 1. The second-order valence-electron chi connectivity index (χ2n) is 4.85. The number of aryl methyl sites for hydroxylation is 1. The Morgan fingerprint density at radius 1 is 1.26 bits per heavy atom. The van der Waals surface area contributed by atoms with E-state index in [0.717, 1.165) is 36.5 Å². The maximum Gasteiger partial charge on any atom is 0.222 e. The van der Waals surface area contributed by atoms with E-state index < -0.39 is 0 Å². The molecular weight excluding hydrogens is 256 g/mol. The van der Waals surface area contributed by atoms with E-state index in [1.54, 1.807) is 0 Å². The first-order valence-corrected chi connectivity index (χ1v) is 7.90. The molecule has 1 aromatic heterocycles. The van der Waals surface area contributed by atoms with Gasteiger partial charge in [-0.3, -0.25) is 4.79 Å². The van der Waals surface area contributed by atoms with E-state index in [0.29, 0.717) is 12.3 Å². The van der Waals surface area contributed by atoms with Crippen LogP contribution in [0, 0.1) is 0 Å². The molecule has 1 saturated heterocycles. The zero-order valence-corrected chi connectivity index (χ0v) is 11.7. The number of hydrogen-bond acceptors (Lipinski definition) is 2. The van der Waals surface area contributed by atoms with Crippen LogP contribution in [0.2, 0.25) is 0 Å². The van der Waals surface area contributed by atoms with E-state index in [1.807, 2.05) is 35.0 Å². The molecule has 1 fully saturated rings. The third-order valence-electron chi connectivity index (χ3n) is 3.65. The Hall–Kier alpha value is -1.42. The predicted molar refractivity (Wildman–Crippen MR) is 80.5 cm³/mol. The normalized spacial score (nSPS) is 15.9. The van der Waals surface area contributed by atoms with Crippen molar-refractivity contribution in [3.05, 3.63) is 36.0 Å². The Morgan fingerprint density at radius 3 is 2.89 bits per heavy atom. The molecule has 1 aliphatic heterocycles. The van der Waals surface area contributed by atoms with E-state index >= 15 is 0 Å². The smallest absolute Gasteiger partial charge is 0.222 e. The number of aromatic amines is 1. The van der Waals surface area contributed by atoms with Crippen LogP contribution in [0.5, 0.6) is 0 Å². The van der Waals surface area contributed by atoms with Gasteiger partial charge in [-0.2, -0.15) is 11.8 Å². The van der Waals surface area contributed by atoms with E-state index in [-0.39, 0.29) is 0 Å². The Kier molecular flexibility index (Phi) is 3.78. The summed E-state index contributed by atoms with van der Waals surface area (Å²) >= 11 is 1.93. The summed E-state index contributed by atoms with van der Waals surface area (Å²) in [5.41, 5.74) is 2.40. The van der Waals surface area contributed by atoms with Gasteiger partial charge in [0.2, 0.25) is 5.91 Å². The zero-order chi connectivity index (χ0) is 13.1. The molecule has 2 heterocycles. The molecule has 3 rings (SSSR count). The van der Waals surface area contributed by atoms with Gasteiger partial charge in [0.05, 0.1) is 0 Å². The third kappa shape index (κ3) is 2.78. The van der Waals surface area contributed by atoms with Gasteiger partial charge in [-0.25, -0.2) is 0 Å². The number of benzene rings is 1. The number of nitrogens with zero attached hydrogens (tertiary/aromatic N) is 1. The monoisotopic (exact) mass is 274 g/mol. The minimum absolute atomic E-state index is 0.297. The van der Waals surface area contributed by atoms with E-state index in [2.05, 4.69) is 17.1 Å². The van der Waals surface area contributed by atoms with Crippen LogP contribution in [0.1, 0.15) is 12.0 Å². The van der Waals surface area contributed by atoms with Crippen molar-refractivity contribution in [1.29, 1.82) is 0 Å². The average Bonchev–Trinajstić information content (AvgIpc) is 2.89. The van der Waals surface area contributed by atoms with Gasteiger partial charge in [0.1, 0.15) is 0 Å². The fraction of sp³-hybridized carbons (Fsp3) is 0.400. The lowest BCUT2D eigenvalue weighted by Crippen LogP contribution is -2.37. The zero-order valence-electron chi connectivity index (χ0n) is 10.9. The molecule has 0 aliphatic carbocycles. The molecule has 1 N–H and O–H groups in total. The van der Waals surface area contributed by atoms with Gasteiger partial charge in [-0.15, -0.1) is 0 Å². The third-order valence-corrected chi connectivity index (χ3v) is 4.59. The lowest BCUT2D eigenvalue weighted by Gasteiger charge is -2.26. The number of hydrogen-bond donors (Lipinski definition) is 1. The Balaban J connectivity index is 1.64. The van der Waals surface area contributed by atoms with Gasteiger partial charge in [-0.05, 0) is 18.1 Å². The van der Waals surface area contributed by atoms with Gasteiger partial charge in [0.25, 0.3) is 0 Å². The van der Waals surface area contributed by atoms with Crippen LogP contribution < -0.4 is 0 Å². The highest BCUT2D eigenvalue weighted by atomic mass is 32.2. The molecule has 19 heavy (non-hydrogen) atoms. The quantitative estimate of drug-likeness (QED) is 0.934. The lowest BCUT2D eigenvalue weighted by atomic mass is 10.1. The first-order valence-electron chi connectivity index (χ1n) is 6.75. The van der Waals surface area contributed by atoms with Gasteiger partial charge in [0.15, 0.2) is 0 Å². The maximum absolute atomic E-state index is 12.1. The molecular formula is C15H18N2OS. The average molecular weight is 274 g/mol. The fourth-order valence-corrected chi connectivity index (χ4v) is 3.45. The number of carbonyl (C=O) groups is 1. The molecule has 0 saturated carbocycles. The molecule has 0 radical (unpaired) electrons. The van der Waals surface area contributed by atoms with Crippen molar-refractivity contribution < 1.29 is 4.79 Å². The van der Waals surface area contributed by atoms with Crippen LogP contribution in [-0.2, 0) is 11.2 Å². The number of nitrogens with one attached hydrogen (secondary N) is 1. The minimum atomic E-state index is 0.297. The molecule has 4 heteroatoms. The van der Waals surface area contributed by atoms with Gasteiger partial charge in [-0.1, -0.05) is 18.2 Å². The predicted octanol–water partition coefficient (Wildman–Crippen LogP) is 2.68. The number of aromatic nitrogens is 1. The standard InChI is InChI=1S/C15H18N2OS/c18-15(17-7-9-19-10-8-17)6-5-12-11-16-14-4-2-1-3-13(12)14/h1-4,11,16H,5-10H2. The topological polar surface area (TPSA) is 36.1 Å². The number of H-pyrrole nitrogens is 1. The highest BCUT2D eigenvalue weighted by Gasteiger charge is 2.16. The number of para-hydroxylation sites is 1. The van der Waals surface area contributed by atoms with Crippen molar-refractivity contribution >= 4 is 28.6 Å². The SMILES string of the molecule is O=C(CCc1c[nH]c2ccccc12)N1CCSCC1. The fourth-order valence-electron chi connectivity index (χ4n) is 2.55. The molecule has 0 unspecified atom stereocenters. The summed E-state index contributed by atoms with van der Waals surface area (Å²) in [6.45, 7) is 1.83. The first kappa shape index (κ1) is 12.6. The van der Waals surface area contributed by atoms with Crippen LogP contribution in [0.4, 0.5) is 0 Å². The lowest BCUT2D eigenvalue weighted by molar-refractivity contribution is -0.130. The number of amides is 1. The summed E-state index contributed by atoms with van der Waals surface area (Å²) in [7, 11) is 0. The van der Waals surface area contributed by atoms with Crippen molar-refractivity contribution in [2.24, 2.45) is 0 Å². The van der Waals surface area contributed by atoms with Crippen LogP contribution in [-0.4, -0.2) is 40.4 Å². The van der Waals surface area contributed by atoms with Gasteiger partial charge in [0, 0.05) is 48.1 Å². The molecule has 100 valence electrons. The molecule has 3 nitrogen and oxygen atoms in total. The van der Waals surface area contributed by atoms with Crippen molar-refractivity contribution in [2.75, 3.05) is 24.6 Å². The van der Waals surface area contributed by atoms with Gasteiger partial charge >= 0.3 is 0 Å². The van der Waals surface area contributed by atoms with Crippen molar-refractivity contribution in [1.82, 2.24) is 9.88 Å². The summed E-state index contributed by atoms with van der Waals surface area (Å²) in [5.74, 6) is 2.46.